The number of nitrogens with zero attached hydrogens (tertiary/aromatic N) is 2. The number of aromatic nitrogens is 2. The van der Waals surface area contributed by atoms with E-state index in [-0.39, 0.29) is 11.7 Å². The van der Waals surface area contributed by atoms with Gasteiger partial charge in [-0.05, 0) is 17.7 Å². The Morgan fingerprint density at radius 1 is 1.18 bits per heavy atom. The Hall–Kier alpha value is -2.95. The lowest BCUT2D eigenvalue weighted by Gasteiger charge is -2.06. The summed E-state index contributed by atoms with van der Waals surface area (Å²) >= 11 is 0. The fourth-order valence-electron chi connectivity index (χ4n) is 2.10. The fraction of sp³-hybridized carbons (Fsp3) is 0.118. The van der Waals surface area contributed by atoms with Crippen molar-refractivity contribution in [1.82, 2.24) is 15.3 Å². The lowest BCUT2D eigenvalue weighted by molar-refractivity contribution is 0.0941. The average Bonchev–Trinajstić information content (AvgIpc) is 2.59. The molecule has 0 fully saturated rings. The molecule has 22 heavy (non-hydrogen) atoms. The summed E-state index contributed by atoms with van der Waals surface area (Å²) in [7, 11) is 1.59. The smallest absolute Gasteiger partial charge is 0.289 e. The van der Waals surface area contributed by atoms with Crippen LogP contribution in [0.3, 0.4) is 0 Å². The maximum absolute atomic E-state index is 12.1. The summed E-state index contributed by atoms with van der Waals surface area (Å²) in [6, 6.07) is 15.2. The number of hydrogen-bond acceptors (Lipinski definition) is 4. The van der Waals surface area contributed by atoms with Gasteiger partial charge in [-0.3, -0.25) is 4.79 Å². The lowest BCUT2D eigenvalue weighted by Crippen LogP contribution is -2.24. The van der Waals surface area contributed by atoms with Crippen LogP contribution in [0.5, 0.6) is 5.75 Å². The van der Waals surface area contributed by atoms with Crippen molar-refractivity contribution >= 4 is 16.8 Å². The Morgan fingerprint density at radius 3 is 2.77 bits per heavy atom. The van der Waals surface area contributed by atoms with Crippen LogP contribution in [0.4, 0.5) is 0 Å². The molecule has 0 aliphatic heterocycles. The first-order valence-electron chi connectivity index (χ1n) is 6.89. The second-order valence-corrected chi connectivity index (χ2v) is 4.79. The quantitative estimate of drug-likeness (QED) is 0.803. The first-order valence-corrected chi connectivity index (χ1v) is 6.89. The average molecular weight is 293 g/mol. The van der Waals surface area contributed by atoms with E-state index in [2.05, 4.69) is 15.3 Å². The highest BCUT2D eigenvalue weighted by atomic mass is 16.5. The number of carbonyl (C=O) groups is 1. The number of ether oxygens (including phenoxy) is 1. The maximum atomic E-state index is 12.1. The summed E-state index contributed by atoms with van der Waals surface area (Å²) in [5, 5.41) is 3.67. The highest BCUT2D eigenvalue weighted by Gasteiger charge is 2.10. The molecule has 1 aromatic heterocycles. The van der Waals surface area contributed by atoms with Gasteiger partial charge in [0.2, 0.25) is 5.82 Å². The van der Waals surface area contributed by atoms with E-state index in [0.29, 0.717) is 17.8 Å². The Balaban J connectivity index is 1.78. The number of methoxy groups -OCH3 is 1. The van der Waals surface area contributed by atoms with Gasteiger partial charge in [-0.15, -0.1) is 0 Å². The molecule has 5 heteroatoms. The normalized spacial score (nSPS) is 10.4. The van der Waals surface area contributed by atoms with Gasteiger partial charge in [0.15, 0.2) is 0 Å². The van der Waals surface area contributed by atoms with Crippen LogP contribution in [0.1, 0.15) is 16.2 Å². The minimum absolute atomic E-state index is 0.150. The monoisotopic (exact) mass is 293 g/mol. The molecule has 0 unspecified atom stereocenters. The molecule has 2 aromatic carbocycles. The zero-order chi connectivity index (χ0) is 15.4. The van der Waals surface area contributed by atoms with Gasteiger partial charge in [0.25, 0.3) is 5.91 Å². The van der Waals surface area contributed by atoms with Gasteiger partial charge in [-0.25, -0.2) is 9.97 Å². The number of amides is 1. The van der Waals surface area contributed by atoms with Crippen LogP contribution in [0, 0.1) is 0 Å². The van der Waals surface area contributed by atoms with Crippen molar-refractivity contribution < 1.29 is 9.53 Å². The molecule has 3 rings (SSSR count). The van der Waals surface area contributed by atoms with Crippen LogP contribution < -0.4 is 10.1 Å². The van der Waals surface area contributed by atoms with Crippen molar-refractivity contribution in [1.29, 1.82) is 0 Å². The molecular formula is C17H15N3O2. The van der Waals surface area contributed by atoms with E-state index < -0.39 is 0 Å². The SMILES string of the molecule is COc1ccc2cnc(C(=O)NCc3ccccc3)nc2c1. The molecule has 5 nitrogen and oxygen atoms in total. The first kappa shape index (κ1) is 14.0. The molecule has 1 N–H and O–H groups in total. The third-order valence-electron chi connectivity index (χ3n) is 3.29. The molecule has 1 amide bonds. The van der Waals surface area contributed by atoms with E-state index in [4.69, 9.17) is 4.74 Å². The van der Waals surface area contributed by atoms with Gasteiger partial charge < -0.3 is 10.1 Å². The second kappa shape index (κ2) is 6.22. The summed E-state index contributed by atoms with van der Waals surface area (Å²) in [5.41, 5.74) is 1.71. The number of nitrogens with one attached hydrogen (secondary N) is 1. The highest BCUT2D eigenvalue weighted by Crippen LogP contribution is 2.18. The topological polar surface area (TPSA) is 64.1 Å². The number of hydrogen-bond donors (Lipinski definition) is 1. The molecule has 0 saturated heterocycles. The molecule has 0 atom stereocenters. The van der Waals surface area contributed by atoms with E-state index in [9.17, 15) is 4.79 Å². The predicted octanol–water partition coefficient (Wildman–Crippen LogP) is 2.57. The Bertz CT molecular complexity index is 803. The number of benzene rings is 2. The lowest BCUT2D eigenvalue weighted by atomic mass is 10.2. The largest absolute Gasteiger partial charge is 0.497 e. The van der Waals surface area contributed by atoms with Crippen molar-refractivity contribution in [2.45, 2.75) is 6.54 Å². The molecule has 0 aliphatic rings. The zero-order valence-corrected chi connectivity index (χ0v) is 12.1. The third-order valence-corrected chi connectivity index (χ3v) is 3.29. The standard InChI is InChI=1S/C17H15N3O2/c1-22-14-8-7-13-11-18-16(20-15(13)9-14)17(21)19-10-12-5-3-2-4-6-12/h2-9,11H,10H2,1H3,(H,19,21). The summed E-state index contributed by atoms with van der Waals surface area (Å²) in [6.07, 6.45) is 1.64. The van der Waals surface area contributed by atoms with Crippen LogP contribution in [0.25, 0.3) is 10.9 Å². The van der Waals surface area contributed by atoms with Gasteiger partial charge in [-0.1, -0.05) is 30.3 Å². The third kappa shape index (κ3) is 3.03. The number of rotatable bonds is 4. The van der Waals surface area contributed by atoms with E-state index >= 15 is 0 Å². The summed E-state index contributed by atoms with van der Waals surface area (Å²) in [5.74, 6) is 0.548. The first-order chi connectivity index (χ1) is 10.8. The maximum Gasteiger partial charge on any atom is 0.289 e. The molecule has 3 aromatic rings. The second-order valence-electron chi connectivity index (χ2n) is 4.79. The van der Waals surface area contributed by atoms with Crippen molar-refractivity contribution in [2.24, 2.45) is 0 Å². The van der Waals surface area contributed by atoms with Crippen LogP contribution >= 0.6 is 0 Å². The van der Waals surface area contributed by atoms with Crippen LogP contribution in [0.15, 0.2) is 54.7 Å². The van der Waals surface area contributed by atoms with Crippen LogP contribution in [-0.4, -0.2) is 23.0 Å². The minimum atomic E-state index is -0.298. The number of fused-ring (bicyclic) bond motifs is 1. The van der Waals surface area contributed by atoms with Crippen molar-refractivity contribution in [3.63, 3.8) is 0 Å². The molecular weight excluding hydrogens is 278 g/mol. The fourth-order valence-corrected chi connectivity index (χ4v) is 2.10. The van der Waals surface area contributed by atoms with Gasteiger partial charge in [0.05, 0.1) is 12.6 Å². The molecule has 0 spiro atoms. The van der Waals surface area contributed by atoms with Gasteiger partial charge in [0, 0.05) is 24.2 Å². The molecule has 110 valence electrons. The Morgan fingerprint density at radius 2 is 2.00 bits per heavy atom. The van der Waals surface area contributed by atoms with Crippen molar-refractivity contribution in [3.05, 3.63) is 66.1 Å². The van der Waals surface area contributed by atoms with Crippen LogP contribution in [-0.2, 0) is 6.54 Å². The molecule has 1 heterocycles. The van der Waals surface area contributed by atoms with E-state index in [1.165, 1.54) is 0 Å². The van der Waals surface area contributed by atoms with E-state index in [0.717, 1.165) is 10.9 Å². The summed E-state index contributed by atoms with van der Waals surface area (Å²) in [6.45, 7) is 0.444. The molecule has 0 aliphatic carbocycles. The van der Waals surface area contributed by atoms with Gasteiger partial charge in [0.1, 0.15) is 5.75 Å². The van der Waals surface area contributed by atoms with Gasteiger partial charge >= 0.3 is 0 Å². The molecule has 0 bridgehead atoms. The summed E-state index contributed by atoms with van der Waals surface area (Å²) in [4.78, 5) is 20.6. The zero-order valence-electron chi connectivity index (χ0n) is 12.1. The summed E-state index contributed by atoms with van der Waals surface area (Å²) < 4.78 is 5.17. The Kier molecular flexibility index (Phi) is 3.96. The molecule has 0 saturated carbocycles. The van der Waals surface area contributed by atoms with Crippen molar-refractivity contribution in [2.75, 3.05) is 7.11 Å². The minimum Gasteiger partial charge on any atom is -0.497 e. The van der Waals surface area contributed by atoms with Crippen LogP contribution in [0.2, 0.25) is 0 Å². The van der Waals surface area contributed by atoms with E-state index in [1.807, 2.05) is 42.5 Å². The predicted molar refractivity (Wildman–Crippen MR) is 83.7 cm³/mol. The van der Waals surface area contributed by atoms with E-state index in [1.54, 1.807) is 19.4 Å². The number of carbonyl (C=O) groups excluding carboxylic acids is 1. The Labute approximate surface area is 128 Å². The van der Waals surface area contributed by atoms with Crippen molar-refractivity contribution in [3.8, 4) is 5.75 Å². The highest BCUT2D eigenvalue weighted by molar-refractivity contribution is 5.92. The van der Waals surface area contributed by atoms with Gasteiger partial charge in [-0.2, -0.15) is 0 Å². The molecule has 0 radical (unpaired) electrons.